The maximum atomic E-state index is 11.7. The largest absolute Gasteiger partial charge is 0.481 e. The van der Waals surface area contributed by atoms with Gasteiger partial charge in [0.05, 0.1) is 23.0 Å². The van der Waals surface area contributed by atoms with E-state index >= 15 is 0 Å². The van der Waals surface area contributed by atoms with Crippen LogP contribution in [0.4, 0.5) is 0 Å². The Morgan fingerprint density at radius 1 is 1.06 bits per heavy atom. The Morgan fingerprint density at radius 3 is 2.00 bits per heavy atom. The van der Waals surface area contributed by atoms with E-state index in [1.165, 1.54) is 0 Å². The minimum Gasteiger partial charge on any atom is -0.481 e. The van der Waals surface area contributed by atoms with Crippen LogP contribution in [0.15, 0.2) is 0 Å². The lowest BCUT2D eigenvalue weighted by atomic mass is 9.69. The maximum absolute atomic E-state index is 11.7. The molecule has 104 valence electrons. The van der Waals surface area contributed by atoms with Gasteiger partial charge in [-0.1, -0.05) is 25.7 Å². The second-order valence-corrected chi connectivity index (χ2v) is 7.78. The summed E-state index contributed by atoms with van der Waals surface area (Å²) in [5.74, 6) is -2.05. The first-order valence-corrected chi connectivity index (χ1v) is 8.31. The minimum absolute atomic E-state index is 0.180. The quantitative estimate of drug-likeness (QED) is 0.728. The van der Waals surface area contributed by atoms with Gasteiger partial charge in [0.25, 0.3) is 0 Å². The lowest BCUT2D eigenvalue weighted by Gasteiger charge is -2.35. The van der Waals surface area contributed by atoms with E-state index in [4.69, 9.17) is 0 Å². The zero-order valence-corrected chi connectivity index (χ0v) is 11.2. The van der Waals surface area contributed by atoms with E-state index in [0.29, 0.717) is 12.8 Å². The Labute approximate surface area is 107 Å². The van der Waals surface area contributed by atoms with Gasteiger partial charge in [0.1, 0.15) is 0 Å². The summed E-state index contributed by atoms with van der Waals surface area (Å²) in [7, 11) is -3.29. The molecule has 0 bridgehead atoms. The van der Waals surface area contributed by atoms with E-state index in [9.17, 15) is 23.4 Å². The predicted octanol–water partition coefficient (Wildman–Crippen LogP) is 0.817. The highest BCUT2D eigenvalue weighted by Crippen LogP contribution is 2.46. The van der Waals surface area contributed by atoms with Crippen molar-refractivity contribution in [3.05, 3.63) is 0 Å². The van der Waals surface area contributed by atoms with Gasteiger partial charge < -0.3 is 10.2 Å². The Kier molecular flexibility index (Phi) is 3.69. The zero-order valence-electron chi connectivity index (χ0n) is 10.3. The second kappa shape index (κ2) is 4.81. The van der Waals surface area contributed by atoms with Gasteiger partial charge in [-0.05, 0) is 12.8 Å². The molecule has 0 radical (unpaired) electrons. The standard InChI is InChI=1S/C12H20O5S/c13-10-8-18(16,17)7-9(10)12(11(14)15)5-3-1-2-4-6-12/h9-10,13H,1-8H2,(H,14,15). The van der Waals surface area contributed by atoms with Crippen LogP contribution in [-0.2, 0) is 14.6 Å². The molecule has 2 unspecified atom stereocenters. The summed E-state index contributed by atoms with van der Waals surface area (Å²) in [5.41, 5.74) is -1.04. The number of aliphatic carboxylic acids is 1. The maximum Gasteiger partial charge on any atom is 0.310 e. The number of aliphatic hydroxyl groups excluding tert-OH is 1. The van der Waals surface area contributed by atoms with Gasteiger partial charge in [0, 0.05) is 5.92 Å². The summed E-state index contributed by atoms with van der Waals surface area (Å²) in [6, 6.07) is 0. The summed E-state index contributed by atoms with van der Waals surface area (Å²) >= 11 is 0. The van der Waals surface area contributed by atoms with Crippen molar-refractivity contribution in [3.8, 4) is 0 Å². The third-order valence-corrected chi connectivity index (χ3v) is 6.17. The molecule has 2 aliphatic rings. The first-order valence-electron chi connectivity index (χ1n) is 6.49. The van der Waals surface area contributed by atoms with Crippen molar-refractivity contribution in [2.45, 2.75) is 44.6 Å². The van der Waals surface area contributed by atoms with Crippen molar-refractivity contribution in [1.29, 1.82) is 0 Å². The van der Waals surface area contributed by atoms with Gasteiger partial charge in [-0.15, -0.1) is 0 Å². The molecule has 0 aromatic heterocycles. The Balaban J connectivity index is 2.32. The van der Waals surface area contributed by atoms with Crippen molar-refractivity contribution in [1.82, 2.24) is 0 Å². The number of hydrogen-bond donors (Lipinski definition) is 2. The minimum atomic E-state index is -3.29. The molecule has 1 aliphatic carbocycles. The number of hydrogen-bond acceptors (Lipinski definition) is 4. The van der Waals surface area contributed by atoms with Crippen molar-refractivity contribution in [3.63, 3.8) is 0 Å². The Morgan fingerprint density at radius 2 is 1.61 bits per heavy atom. The molecule has 1 aliphatic heterocycles. The predicted molar refractivity (Wildman–Crippen MR) is 65.9 cm³/mol. The number of aliphatic hydroxyl groups is 1. The summed E-state index contributed by atoms with van der Waals surface area (Å²) in [6.07, 6.45) is 3.53. The van der Waals surface area contributed by atoms with Crippen LogP contribution in [-0.4, -0.2) is 42.2 Å². The van der Waals surface area contributed by atoms with Crippen LogP contribution in [0.2, 0.25) is 0 Å². The van der Waals surface area contributed by atoms with Crippen LogP contribution in [0.3, 0.4) is 0 Å². The Bertz CT molecular complexity index is 420. The van der Waals surface area contributed by atoms with Crippen molar-refractivity contribution >= 4 is 15.8 Å². The van der Waals surface area contributed by atoms with E-state index in [0.717, 1.165) is 25.7 Å². The van der Waals surface area contributed by atoms with E-state index in [1.807, 2.05) is 0 Å². The van der Waals surface area contributed by atoms with Crippen LogP contribution in [0.5, 0.6) is 0 Å². The summed E-state index contributed by atoms with van der Waals surface area (Å²) in [4.78, 5) is 11.7. The van der Waals surface area contributed by atoms with E-state index in [-0.39, 0.29) is 11.5 Å². The van der Waals surface area contributed by atoms with E-state index in [2.05, 4.69) is 0 Å². The number of rotatable bonds is 2. The molecule has 1 saturated heterocycles. The fourth-order valence-electron chi connectivity index (χ4n) is 3.46. The molecule has 2 atom stereocenters. The highest BCUT2D eigenvalue weighted by atomic mass is 32.2. The smallest absolute Gasteiger partial charge is 0.310 e. The molecule has 6 heteroatoms. The fourth-order valence-corrected chi connectivity index (χ4v) is 5.44. The molecule has 2 N–H and O–H groups in total. The molecule has 0 aromatic rings. The molecular weight excluding hydrogens is 256 g/mol. The van der Waals surface area contributed by atoms with Gasteiger partial charge in [0.15, 0.2) is 9.84 Å². The topological polar surface area (TPSA) is 91.7 Å². The normalized spacial score (nSPS) is 34.9. The van der Waals surface area contributed by atoms with Crippen molar-refractivity contribution < 1.29 is 23.4 Å². The van der Waals surface area contributed by atoms with Gasteiger partial charge in [-0.2, -0.15) is 0 Å². The van der Waals surface area contributed by atoms with Crippen LogP contribution >= 0.6 is 0 Å². The average Bonchev–Trinajstić information content (AvgIpc) is 2.49. The van der Waals surface area contributed by atoms with Crippen LogP contribution < -0.4 is 0 Å². The third kappa shape index (κ3) is 2.40. The fraction of sp³-hybridized carbons (Fsp3) is 0.917. The molecule has 0 spiro atoms. The molecule has 1 saturated carbocycles. The first kappa shape index (κ1) is 13.8. The average molecular weight is 276 g/mol. The van der Waals surface area contributed by atoms with Crippen LogP contribution in [0.25, 0.3) is 0 Å². The summed E-state index contributed by atoms with van der Waals surface area (Å²) < 4.78 is 23.2. The zero-order chi connectivity index (χ0) is 13.4. The Hall–Kier alpha value is -0.620. The van der Waals surface area contributed by atoms with Crippen LogP contribution in [0.1, 0.15) is 38.5 Å². The lowest BCUT2D eigenvalue weighted by Crippen LogP contribution is -2.43. The number of carboxylic acids is 1. The van der Waals surface area contributed by atoms with Gasteiger partial charge >= 0.3 is 5.97 Å². The molecular formula is C12H20O5S. The molecule has 0 aromatic carbocycles. The van der Waals surface area contributed by atoms with Crippen molar-refractivity contribution in [2.24, 2.45) is 11.3 Å². The monoisotopic (exact) mass is 276 g/mol. The molecule has 2 fully saturated rings. The van der Waals surface area contributed by atoms with Gasteiger partial charge in [-0.3, -0.25) is 4.79 Å². The van der Waals surface area contributed by atoms with Gasteiger partial charge in [0.2, 0.25) is 0 Å². The third-order valence-electron chi connectivity index (χ3n) is 4.45. The number of carboxylic acid groups (broad SMARTS) is 1. The molecule has 1 heterocycles. The highest BCUT2D eigenvalue weighted by molar-refractivity contribution is 7.91. The molecule has 2 rings (SSSR count). The van der Waals surface area contributed by atoms with E-state index in [1.54, 1.807) is 0 Å². The van der Waals surface area contributed by atoms with E-state index < -0.39 is 33.2 Å². The summed E-state index contributed by atoms with van der Waals surface area (Å²) in [5, 5.41) is 19.5. The van der Waals surface area contributed by atoms with Gasteiger partial charge in [-0.25, -0.2) is 8.42 Å². The van der Waals surface area contributed by atoms with Crippen LogP contribution in [0, 0.1) is 11.3 Å². The number of carbonyl (C=O) groups is 1. The SMILES string of the molecule is O=C(O)C1(C2CS(=O)(=O)CC2O)CCCCCC1. The van der Waals surface area contributed by atoms with Crippen molar-refractivity contribution in [2.75, 3.05) is 11.5 Å². The number of sulfone groups is 1. The lowest BCUT2D eigenvalue weighted by molar-refractivity contribution is -0.156. The highest BCUT2D eigenvalue weighted by Gasteiger charge is 2.53. The second-order valence-electron chi connectivity index (χ2n) is 5.63. The molecule has 0 amide bonds. The first-order chi connectivity index (χ1) is 8.37. The molecule has 18 heavy (non-hydrogen) atoms. The molecule has 5 nitrogen and oxygen atoms in total. The summed E-state index contributed by atoms with van der Waals surface area (Å²) in [6.45, 7) is 0.